The van der Waals surface area contributed by atoms with E-state index >= 15 is 0 Å². The zero-order valence-corrected chi connectivity index (χ0v) is 27.2. The lowest BCUT2D eigenvalue weighted by Crippen LogP contribution is -2.22. The molecule has 8 bridgehead atoms. The summed E-state index contributed by atoms with van der Waals surface area (Å²) in [6.07, 6.45) is -0.432. The van der Waals surface area contributed by atoms with Gasteiger partial charge in [-0.05, 0) is 135 Å². The van der Waals surface area contributed by atoms with Crippen LogP contribution in [0.1, 0.15) is 97.9 Å². The summed E-state index contributed by atoms with van der Waals surface area (Å²) in [5.41, 5.74) is 10.1. The van der Waals surface area contributed by atoms with Crippen LogP contribution >= 0.6 is 0 Å². The fourth-order valence-corrected chi connectivity index (χ4v) is 6.54. The maximum absolute atomic E-state index is 12.1. The lowest BCUT2D eigenvalue weighted by molar-refractivity contribution is -0.306. The van der Waals surface area contributed by atoms with Crippen molar-refractivity contribution in [3.8, 4) is 0 Å². The summed E-state index contributed by atoms with van der Waals surface area (Å²) < 4.78 is 0. The number of H-pyrrole nitrogens is 2. The summed E-state index contributed by atoms with van der Waals surface area (Å²) in [4.78, 5) is 63.2. The summed E-state index contributed by atoms with van der Waals surface area (Å²) in [7, 11) is 0. The fourth-order valence-electron chi connectivity index (χ4n) is 6.54. The van der Waals surface area contributed by atoms with Crippen LogP contribution in [-0.4, -0.2) is 48.9 Å². The second kappa shape index (κ2) is 13.7. The highest BCUT2D eigenvalue weighted by Gasteiger charge is 2.22. The van der Waals surface area contributed by atoms with Gasteiger partial charge in [-0.2, -0.15) is 0 Å². The van der Waals surface area contributed by atoms with Crippen molar-refractivity contribution in [1.29, 1.82) is 0 Å². The van der Waals surface area contributed by atoms with Gasteiger partial charge in [-0.15, -0.1) is 0 Å². The molecule has 0 amide bonds. The monoisotopic (exact) mass is 651 g/mol. The molecular formula is C36H35N4O8-3. The topological polar surface area (TPSA) is 215 Å². The molecule has 3 aromatic heterocycles. The number of nitrogens with one attached hydrogen (secondary N) is 2. The molecule has 0 radical (unpaired) electrons. The van der Waals surface area contributed by atoms with Crippen LogP contribution in [0.3, 0.4) is 0 Å². The number of aryl methyl sites for hydroxylation is 3. The van der Waals surface area contributed by atoms with Crippen molar-refractivity contribution in [3.05, 3.63) is 69.3 Å². The minimum atomic E-state index is -1.31. The molecule has 0 spiro atoms. The number of carboxylic acids is 4. The molecule has 2 aliphatic rings. The summed E-state index contributed by atoms with van der Waals surface area (Å²) in [5.74, 6) is -4.91. The van der Waals surface area contributed by atoms with Crippen LogP contribution < -0.4 is 15.3 Å². The Morgan fingerprint density at radius 1 is 0.625 bits per heavy atom. The lowest BCUT2D eigenvalue weighted by Gasteiger charge is -2.07. The van der Waals surface area contributed by atoms with Crippen LogP contribution in [0.5, 0.6) is 0 Å². The number of aliphatic carboxylic acids is 4. The normalized spacial score (nSPS) is 12.9. The molecule has 0 saturated heterocycles. The van der Waals surface area contributed by atoms with Crippen molar-refractivity contribution in [1.82, 2.24) is 19.9 Å². The molecule has 2 aliphatic heterocycles. The first-order valence-electron chi connectivity index (χ1n) is 15.7. The SMILES string of the molecule is CCc1c(C)c2cc3nc(cc4[nH]c(cc5nc(cc1[nH]2)C(C)=C5CCC(=O)[O-])c(CC(=O)O)c4CCC(=O)[O-])C(CCC(=O)[O-])=C3C. The van der Waals surface area contributed by atoms with E-state index in [1.807, 2.05) is 39.8 Å². The summed E-state index contributed by atoms with van der Waals surface area (Å²) in [6, 6.07) is 7.14. The van der Waals surface area contributed by atoms with Crippen LogP contribution in [0.15, 0.2) is 24.3 Å². The van der Waals surface area contributed by atoms with Crippen molar-refractivity contribution in [2.24, 2.45) is 0 Å². The minimum absolute atomic E-state index is 0.0534. The zero-order valence-electron chi connectivity index (χ0n) is 27.2. The number of rotatable bonds is 12. The quantitative estimate of drug-likeness (QED) is 0.260. The van der Waals surface area contributed by atoms with E-state index in [0.29, 0.717) is 62.5 Å². The largest absolute Gasteiger partial charge is 0.550 e. The van der Waals surface area contributed by atoms with Crippen molar-refractivity contribution < 1.29 is 39.6 Å². The fraction of sp³-hybridized carbons (Fsp3) is 0.333. The van der Waals surface area contributed by atoms with E-state index in [0.717, 1.165) is 33.3 Å². The van der Waals surface area contributed by atoms with Gasteiger partial charge in [-0.25, -0.2) is 9.97 Å². The first-order chi connectivity index (χ1) is 22.8. The van der Waals surface area contributed by atoms with E-state index in [9.17, 15) is 39.6 Å². The van der Waals surface area contributed by atoms with Crippen LogP contribution in [-0.2, 0) is 38.4 Å². The van der Waals surface area contributed by atoms with Gasteiger partial charge in [0.25, 0.3) is 0 Å². The number of aromatic nitrogens is 4. The average Bonchev–Trinajstić information content (AvgIpc) is 3.67. The maximum atomic E-state index is 12.1. The van der Waals surface area contributed by atoms with Gasteiger partial charge >= 0.3 is 5.97 Å². The third-order valence-corrected chi connectivity index (χ3v) is 9.05. The molecule has 12 heteroatoms. The highest BCUT2D eigenvalue weighted by atomic mass is 16.4. The average molecular weight is 652 g/mol. The highest BCUT2D eigenvalue weighted by Crippen LogP contribution is 2.37. The van der Waals surface area contributed by atoms with Gasteiger partial charge in [0.05, 0.1) is 29.2 Å². The number of carbonyl (C=O) groups is 4. The smallest absolute Gasteiger partial charge is 0.307 e. The molecule has 0 unspecified atom stereocenters. The number of carboxylic acid groups (broad SMARTS) is 4. The van der Waals surface area contributed by atoms with E-state index in [1.165, 1.54) is 0 Å². The predicted molar refractivity (Wildman–Crippen MR) is 173 cm³/mol. The van der Waals surface area contributed by atoms with Gasteiger partial charge in [0.2, 0.25) is 0 Å². The Morgan fingerprint density at radius 3 is 1.52 bits per heavy atom. The molecule has 5 rings (SSSR count). The standard InChI is InChI=1S/C36H38N4O8/c1-5-20-17(2)25-13-26-18(3)21(6-9-33(41)42)29(38-26)15-31-23(8-11-35(45)46)24(12-36(47)48)32(40-31)16-30-22(7-10-34(43)44)19(4)27(39-30)14-28(20)37-25/h13-16,37,40H,5-12H2,1-4H3,(H,41,42)(H,43,44)(H,45,46)(H,47,48)/p-3. The van der Waals surface area contributed by atoms with Crippen LogP contribution in [0.25, 0.3) is 44.4 Å². The predicted octanol–water partition coefficient (Wildman–Crippen LogP) is 2.42. The Kier molecular flexibility index (Phi) is 9.64. The van der Waals surface area contributed by atoms with E-state index < -0.39 is 30.3 Å². The van der Waals surface area contributed by atoms with Gasteiger partial charge in [-0.1, -0.05) is 6.92 Å². The minimum Gasteiger partial charge on any atom is -0.550 e. The van der Waals surface area contributed by atoms with E-state index in [-0.39, 0.29) is 38.5 Å². The Bertz CT molecular complexity index is 2100. The summed E-state index contributed by atoms with van der Waals surface area (Å²) >= 11 is 0. The molecule has 48 heavy (non-hydrogen) atoms. The van der Waals surface area contributed by atoms with E-state index in [2.05, 4.69) is 9.97 Å². The number of hydrogen-bond acceptors (Lipinski definition) is 9. The molecule has 12 nitrogen and oxygen atoms in total. The van der Waals surface area contributed by atoms with Gasteiger partial charge in [-0.3, -0.25) is 4.79 Å². The molecule has 0 aliphatic carbocycles. The molecule has 0 atom stereocenters. The number of hydrogen-bond donors (Lipinski definition) is 3. The second-order valence-electron chi connectivity index (χ2n) is 12.1. The zero-order chi connectivity index (χ0) is 34.9. The van der Waals surface area contributed by atoms with Crippen molar-refractivity contribution in [3.63, 3.8) is 0 Å². The van der Waals surface area contributed by atoms with Crippen LogP contribution in [0.2, 0.25) is 0 Å². The first-order valence-corrected chi connectivity index (χ1v) is 15.7. The second-order valence-corrected chi connectivity index (χ2v) is 12.1. The maximum Gasteiger partial charge on any atom is 0.307 e. The first kappa shape index (κ1) is 33.8. The van der Waals surface area contributed by atoms with Crippen molar-refractivity contribution in [2.45, 2.75) is 79.1 Å². The van der Waals surface area contributed by atoms with Crippen LogP contribution in [0, 0.1) is 6.92 Å². The molecule has 3 aromatic rings. The van der Waals surface area contributed by atoms with Gasteiger partial charge in [0.15, 0.2) is 0 Å². The number of allylic oxidation sites excluding steroid dienone is 4. The number of aromatic amines is 2. The molecule has 250 valence electrons. The Morgan fingerprint density at radius 2 is 1.04 bits per heavy atom. The number of nitrogens with zero attached hydrogens (tertiary/aromatic N) is 2. The molecule has 5 heterocycles. The Balaban J connectivity index is 1.96. The number of fused-ring (bicyclic) bond motifs is 8. The Hall–Kier alpha value is -5.52. The molecular weight excluding hydrogens is 616 g/mol. The van der Waals surface area contributed by atoms with E-state index in [4.69, 9.17) is 9.97 Å². The van der Waals surface area contributed by atoms with E-state index in [1.54, 1.807) is 12.1 Å². The van der Waals surface area contributed by atoms with Crippen molar-refractivity contribution >= 4 is 68.2 Å². The van der Waals surface area contributed by atoms with Gasteiger partial charge in [0.1, 0.15) is 0 Å². The molecule has 0 aromatic carbocycles. The third kappa shape index (κ3) is 6.92. The Labute approximate surface area is 275 Å². The number of carbonyl (C=O) groups excluding carboxylic acids is 3. The lowest BCUT2D eigenvalue weighted by atomic mass is 9.98. The molecule has 3 N–H and O–H groups in total. The molecule has 0 fully saturated rings. The van der Waals surface area contributed by atoms with Gasteiger partial charge in [0, 0.05) is 40.0 Å². The molecule has 0 saturated carbocycles. The van der Waals surface area contributed by atoms with Gasteiger partial charge < -0.3 is 44.8 Å². The summed E-state index contributed by atoms with van der Waals surface area (Å²) in [5, 5.41) is 44.4. The van der Waals surface area contributed by atoms with Crippen LogP contribution in [0.4, 0.5) is 0 Å². The third-order valence-electron chi connectivity index (χ3n) is 9.05. The summed E-state index contributed by atoms with van der Waals surface area (Å²) in [6.45, 7) is 7.75. The van der Waals surface area contributed by atoms with Crippen molar-refractivity contribution in [2.75, 3.05) is 0 Å². The highest BCUT2D eigenvalue weighted by molar-refractivity contribution is 5.96.